The number of aromatic nitrogens is 5. The predicted octanol–water partition coefficient (Wildman–Crippen LogP) is 3.26. The van der Waals surface area contributed by atoms with Gasteiger partial charge in [0.1, 0.15) is 35.2 Å². The van der Waals surface area contributed by atoms with E-state index in [2.05, 4.69) is 25.5 Å². The molecule has 1 fully saturated rings. The van der Waals surface area contributed by atoms with Crippen LogP contribution in [-0.2, 0) is 16.1 Å². The number of alkyl halides is 3. The average Bonchev–Trinajstić information content (AvgIpc) is 3.66. The average molecular weight is 544 g/mol. The highest BCUT2D eigenvalue weighted by Crippen LogP contribution is 2.29. The minimum atomic E-state index is -5.09. The number of benzene rings is 1. The van der Waals surface area contributed by atoms with E-state index in [4.69, 9.17) is 10.3 Å². The number of nitrogens with zero attached hydrogens (tertiary/aromatic N) is 6. The number of hydrogen-bond acceptors (Lipinski definition) is 8. The minimum absolute atomic E-state index is 0.0439. The summed E-state index contributed by atoms with van der Waals surface area (Å²) in [7, 11) is 0. The Balaban J connectivity index is 1.39. The summed E-state index contributed by atoms with van der Waals surface area (Å²) in [4.78, 5) is 33.2. The molecule has 3 aromatic heterocycles. The number of amides is 2. The molecule has 2 amide bonds. The molecule has 202 valence electrons. The van der Waals surface area contributed by atoms with E-state index in [1.54, 1.807) is 30.3 Å². The van der Waals surface area contributed by atoms with E-state index in [0.29, 0.717) is 21.9 Å². The van der Waals surface area contributed by atoms with Crippen molar-refractivity contribution in [3.05, 3.63) is 60.2 Å². The predicted molar refractivity (Wildman–Crippen MR) is 128 cm³/mol. The van der Waals surface area contributed by atoms with Crippen molar-refractivity contribution in [2.45, 2.75) is 31.6 Å². The summed E-state index contributed by atoms with van der Waals surface area (Å²) in [6, 6.07) is 8.10. The van der Waals surface area contributed by atoms with Crippen molar-refractivity contribution in [1.29, 1.82) is 0 Å². The van der Waals surface area contributed by atoms with Gasteiger partial charge in [-0.2, -0.15) is 18.3 Å². The number of nitrogen functional groups attached to an aromatic ring is 1. The number of nitrogens with one attached hydrogen (secondary N) is 1. The lowest BCUT2D eigenvalue weighted by Gasteiger charge is -2.24. The minimum Gasteiger partial charge on any atom is -0.382 e. The van der Waals surface area contributed by atoms with Crippen LogP contribution in [0.5, 0.6) is 0 Å². The highest BCUT2D eigenvalue weighted by Gasteiger charge is 2.47. The SMILES string of the molecule is Nc1nc(-c2cc(-c3ccon3)n(Cc3ccccc3F)n2)ncc1NC(=O)[C@@H]1CCCN1C(=O)C(F)(F)F. The topological polar surface area (TPSA) is 145 Å². The third-order valence-corrected chi connectivity index (χ3v) is 6.12. The van der Waals surface area contributed by atoms with Gasteiger partial charge >= 0.3 is 12.1 Å². The highest BCUT2D eigenvalue weighted by atomic mass is 19.4. The Morgan fingerprint density at radius 2 is 1.97 bits per heavy atom. The molecule has 0 spiro atoms. The van der Waals surface area contributed by atoms with E-state index < -0.39 is 29.8 Å². The molecular formula is C24H20F4N8O3. The zero-order valence-electron chi connectivity index (χ0n) is 20.0. The van der Waals surface area contributed by atoms with Gasteiger partial charge in [-0.15, -0.1) is 0 Å². The smallest absolute Gasteiger partial charge is 0.382 e. The molecule has 11 nitrogen and oxygen atoms in total. The van der Waals surface area contributed by atoms with Gasteiger partial charge in [-0.1, -0.05) is 23.4 Å². The lowest BCUT2D eigenvalue weighted by Crippen LogP contribution is -2.48. The normalized spacial score (nSPS) is 15.5. The molecule has 0 bridgehead atoms. The van der Waals surface area contributed by atoms with E-state index >= 15 is 0 Å². The number of hydrogen-bond donors (Lipinski definition) is 2. The van der Waals surface area contributed by atoms with Crippen LogP contribution in [0.3, 0.4) is 0 Å². The van der Waals surface area contributed by atoms with Crippen molar-refractivity contribution in [3.8, 4) is 22.9 Å². The number of carbonyl (C=O) groups excluding carboxylic acids is 2. The van der Waals surface area contributed by atoms with Gasteiger partial charge in [-0.3, -0.25) is 14.3 Å². The maximum absolute atomic E-state index is 14.3. The molecule has 3 N–H and O–H groups in total. The quantitative estimate of drug-likeness (QED) is 0.352. The van der Waals surface area contributed by atoms with Crippen LogP contribution >= 0.6 is 0 Å². The number of likely N-dealkylation sites (tertiary alicyclic amines) is 1. The molecule has 0 saturated carbocycles. The highest BCUT2D eigenvalue weighted by molar-refractivity contribution is 5.99. The van der Waals surface area contributed by atoms with E-state index in [9.17, 15) is 27.2 Å². The van der Waals surface area contributed by atoms with Crippen molar-refractivity contribution in [2.24, 2.45) is 0 Å². The summed E-state index contributed by atoms with van der Waals surface area (Å²) in [5, 5.41) is 10.8. The van der Waals surface area contributed by atoms with E-state index in [1.165, 1.54) is 23.2 Å². The summed E-state index contributed by atoms with van der Waals surface area (Å²) in [6.07, 6.45) is -2.22. The van der Waals surface area contributed by atoms with Crippen molar-refractivity contribution < 1.29 is 31.7 Å². The lowest BCUT2D eigenvalue weighted by atomic mass is 10.2. The molecule has 15 heteroatoms. The molecule has 1 aromatic carbocycles. The largest absolute Gasteiger partial charge is 0.471 e. The maximum Gasteiger partial charge on any atom is 0.471 e. The van der Waals surface area contributed by atoms with Gasteiger partial charge in [-0.25, -0.2) is 14.4 Å². The van der Waals surface area contributed by atoms with E-state index in [0.717, 1.165) is 0 Å². The van der Waals surface area contributed by atoms with Crippen LogP contribution in [0.15, 0.2) is 53.4 Å². The van der Waals surface area contributed by atoms with Crippen LogP contribution < -0.4 is 11.1 Å². The fraction of sp³-hybridized carbons (Fsp3) is 0.250. The first-order chi connectivity index (χ1) is 18.6. The first-order valence-corrected chi connectivity index (χ1v) is 11.7. The zero-order chi connectivity index (χ0) is 27.7. The molecule has 1 aliphatic heterocycles. The van der Waals surface area contributed by atoms with Crippen LogP contribution in [0.1, 0.15) is 18.4 Å². The number of anilines is 2. The third-order valence-electron chi connectivity index (χ3n) is 6.12. The molecule has 39 heavy (non-hydrogen) atoms. The molecule has 0 radical (unpaired) electrons. The van der Waals surface area contributed by atoms with Gasteiger partial charge in [0.2, 0.25) is 5.91 Å². The van der Waals surface area contributed by atoms with Gasteiger partial charge in [-0.05, 0) is 25.0 Å². The van der Waals surface area contributed by atoms with E-state index in [1.807, 2.05) is 0 Å². The fourth-order valence-electron chi connectivity index (χ4n) is 4.26. The molecule has 0 unspecified atom stereocenters. The van der Waals surface area contributed by atoms with Gasteiger partial charge in [0.15, 0.2) is 11.6 Å². The van der Waals surface area contributed by atoms with Crippen LogP contribution in [0.4, 0.5) is 29.1 Å². The first kappa shape index (κ1) is 25.8. The van der Waals surface area contributed by atoms with Gasteiger partial charge in [0, 0.05) is 18.2 Å². The second-order valence-electron chi connectivity index (χ2n) is 8.68. The van der Waals surface area contributed by atoms with Crippen LogP contribution in [0.2, 0.25) is 0 Å². The molecule has 1 atom stereocenters. The molecule has 0 aliphatic carbocycles. The standard InChI is InChI=1S/C24H20F4N8O3/c25-14-5-2-1-4-13(14)12-36-19(15-7-9-39-34-15)10-16(33-36)21-30-11-17(20(29)32-21)31-22(37)18-6-3-8-35(18)23(38)24(26,27)28/h1-2,4-5,7,9-11,18H,3,6,8,12H2,(H,31,37)(H2,29,30,32)/t18-/m0/s1. The monoisotopic (exact) mass is 544 g/mol. The molecule has 5 rings (SSSR count). The van der Waals surface area contributed by atoms with Crippen LogP contribution in [0.25, 0.3) is 22.9 Å². The van der Waals surface area contributed by atoms with Gasteiger partial charge < -0.3 is 20.5 Å². The third kappa shape index (κ3) is 5.28. The summed E-state index contributed by atoms with van der Waals surface area (Å²) in [5.74, 6) is -3.44. The number of rotatable bonds is 6. The molecular weight excluding hydrogens is 524 g/mol. The van der Waals surface area contributed by atoms with Crippen LogP contribution in [0, 0.1) is 5.82 Å². The maximum atomic E-state index is 14.3. The van der Waals surface area contributed by atoms with Crippen molar-refractivity contribution >= 4 is 23.3 Å². The molecule has 1 aliphatic rings. The Bertz CT molecular complexity index is 1520. The fourth-order valence-corrected chi connectivity index (χ4v) is 4.26. The Hall–Kier alpha value is -4.82. The number of carbonyl (C=O) groups is 2. The van der Waals surface area contributed by atoms with Gasteiger partial charge in [0.25, 0.3) is 0 Å². The molecule has 1 saturated heterocycles. The Morgan fingerprint density at radius 3 is 2.67 bits per heavy atom. The summed E-state index contributed by atoms with van der Waals surface area (Å²) >= 11 is 0. The zero-order valence-corrected chi connectivity index (χ0v) is 20.0. The van der Waals surface area contributed by atoms with Gasteiger partial charge in [0.05, 0.1) is 18.4 Å². The second-order valence-corrected chi connectivity index (χ2v) is 8.68. The lowest BCUT2D eigenvalue weighted by molar-refractivity contribution is -0.186. The summed E-state index contributed by atoms with van der Waals surface area (Å²) in [5.41, 5.74) is 7.51. The van der Waals surface area contributed by atoms with E-state index in [-0.39, 0.29) is 49.0 Å². The number of halogens is 4. The Labute approximate surface area is 217 Å². The molecule has 4 heterocycles. The Morgan fingerprint density at radius 1 is 1.18 bits per heavy atom. The Kier molecular flexibility index (Phi) is 6.72. The number of nitrogens with two attached hydrogens (primary N) is 1. The van der Waals surface area contributed by atoms with Crippen LogP contribution in [-0.4, -0.2) is 60.4 Å². The van der Waals surface area contributed by atoms with Crippen molar-refractivity contribution in [3.63, 3.8) is 0 Å². The van der Waals surface area contributed by atoms with Crippen molar-refractivity contribution in [2.75, 3.05) is 17.6 Å². The first-order valence-electron chi connectivity index (χ1n) is 11.7. The van der Waals surface area contributed by atoms with Crippen molar-refractivity contribution in [1.82, 2.24) is 29.8 Å². The summed E-state index contributed by atoms with van der Waals surface area (Å²) < 4.78 is 59.4. The second kappa shape index (κ2) is 10.2. The molecule has 4 aromatic rings. The summed E-state index contributed by atoms with van der Waals surface area (Å²) in [6.45, 7) is -0.127.